The molecule has 1 amide bonds. The third-order valence-electron chi connectivity index (χ3n) is 3.59. The molecule has 0 aromatic heterocycles. The van der Waals surface area contributed by atoms with Crippen molar-refractivity contribution in [2.45, 2.75) is 13.0 Å². The maximum atomic E-state index is 11.9. The largest absolute Gasteiger partial charge is 0.495 e. The molecule has 5 heteroatoms. The lowest BCUT2D eigenvalue weighted by Crippen LogP contribution is -2.33. The zero-order valence-corrected chi connectivity index (χ0v) is 13.4. The van der Waals surface area contributed by atoms with E-state index in [2.05, 4.69) is 10.6 Å². The Labute approximate surface area is 136 Å². The number of amides is 1. The lowest BCUT2D eigenvalue weighted by Gasteiger charge is -2.15. The standard InChI is InChI=1S/C18H22N2O3/c1-13-7-3-4-8-14(13)16(21)11-20-18(22)12-19-15-9-5-6-10-17(15)23-2/h3-10,16,19,21H,11-12H2,1-2H3,(H,20,22)/t16-/m0/s1. The number of carbonyl (C=O) groups excluding carboxylic acids is 1. The molecule has 2 aromatic carbocycles. The number of hydrogen-bond acceptors (Lipinski definition) is 4. The van der Waals surface area contributed by atoms with Crippen LogP contribution in [0.3, 0.4) is 0 Å². The predicted molar refractivity (Wildman–Crippen MR) is 90.6 cm³/mol. The smallest absolute Gasteiger partial charge is 0.239 e. The number of para-hydroxylation sites is 2. The van der Waals surface area contributed by atoms with Crippen LogP contribution in [0.15, 0.2) is 48.5 Å². The Balaban J connectivity index is 1.82. The van der Waals surface area contributed by atoms with Crippen LogP contribution in [0.5, 0.6) is 5.75 Å². The first-order chi connectivity index (χ1) is 11.1. The molecular formula is C18H22N2O3. The van der Waals surface area contributed by atoms with Crippen LogP contribution in [0.25, 0.3) is 0 Å². The molecule has 0 saturated carbocycles. The summed E-state index contributed by atoms with van der Waals surface area (Å²) in [7, 11) is 1.58. The Bertz CT molecular complexity index is 658. The minimum Gasteiger partial charge on any atom is -0.495 e. The second kappa shape index (κ2) is 8.19. The van der Waals surface area contributed by atoms with Gasteiger partial charge in [0.2, 0.25) is 5.91 Å². The summed E-state index contributed by atoms with van der Waals surface area (Å²) in [5.41, 5.74) is 2.58. The van der Waals surface area contributed by atoms with E-state index >= 15 is 0 Å². The first-order valence-corrected chi connectivity index (χ1v) is 7.49. The van der Waals surface area contributed by atoms with Gasteiger partial charge in [0, 0.05) is 6.54 Å². The predicted octanol–water partition coefficient (Wildman–Crippen LogP) is 2.27. The molecule has 0 saturated heterocycles. The van der Waals surface area contributed by atoms with Gasteiger partial charge in [-0.25, -0.2) is 0 Å². The van der Waals surface area contributed by atoms with Crippen molar-refractivity contribution in [3.8, 4) is 5.75 Å². The minimum atomic E-state index is -0.716. The Kier molecular flexibility index (Phi) is 6.00. The number of hydrogen-bond donors (Lipinski definition) is 3. The summed E-state index contributed by atoms with van der Waals surface area (Å²) in [6.07, 6.45) is -0.716. The summed E-state index contributed by atoms with van der Waals surface area (Å²) >= 11 is 0. The van der Waals surface area contributed by atoms with E-state index in [1.165, 1.54) is 0 Å². The molecule has 0 unspecified atom stereocenters. The van der Waals surface area contributed by atoms with Gasteiger partial charge in [-0.05, 0) is 30.2 Å². The number of rotatable bonds is 7. The Morgan fingerprint density at radius 2 is 1.87 bits per heavy atom. The van der Waals surface area contributed by atoms with Crippen LogP contribution in [0, 0.1) is 6.92 Å². The second-order valence-corrected chi connectivity index (χ2v) is 5.23. The molecule has 0 spiro atoms. The average molecular weight is 314 g/mol. The second-order valence-electron chi connectivity index (χ2n) is 5.23. The number of nitrogens with one attached hydrogen (secondary N) is 2. The summed E-state index contributed by atoms with van der Waals surface area (Å²) in [5, 5.41) is 15.9. The lowest BCUT2D eigenvalue weighted by atomic mass is 10.0. The summed E-state index contributed by atoms with van der Waals surface area (Å²) in [5.74, 6) is 0.490. The highest BCUT2D eigenvalue weighted by atomic mass is 16.5. The van der Waals surface area contributed by atoms with Gasteiger partial charge in [-0.2, -0.15) is 0 Å². The molecule has 0 aliphatic carbocycles. The van der Waals surface area contributed by atoms with Gasteiger partial charge >= 0.3 is 0 Å². The van der Waals surface area contributed by atoms with Crippen molar-refractivity contribution in [3.05, 3.63) is 59.7 Å². The summed E-state index contributed by atoms with van der Waals surface area (Å²) in [4.78, 5) is 11.9. The minimum absolute atomic E-state index is 0.112. The SMILES string of the molecule is COc1ccccc1NCC(=O)NC[C@H](O)c1ccccc1C. The molecule has 23 heavy (non-hydrogen) atoms. The molecule has 3 N–H and O–H groups in total. The maximum absolute atomic E-state index is 11.9. The zero-order valence-electron chi connectivity index (χ0n) is 13.4. The van der Waals surface area contributed by atoms with Gasteiger partial charge < -0.3 is 20.5 Å². The quantitative estimate of drug-likeness (QED) is 0.733. The molecule has 0 fully saturated rings. The van der Waals surface area contributed by atoms with Crippen molar-refractivity contribution in [2.24, 2.45) is 0 Å². The Morgan fingerprint density at radius 1 is 1.17 bits per heavy atom. The van der Waals surface area contributed by atoms with Gasteiger partial charge in [0.25, 0.3) is 0 Å². The van der Waals surface area contributed by atoms with Gasteiger partial charge in [0.05, 0.1) is 25.4 Å². The number of benzene rings is 2. The number of aryl methyl sites for hydroxylation is 1. The molecule has 0 aliphatic rings. The van der Waals surface area contributed by atoms with Crippen molar-refractivity contribution in [1.82, 2.24) is 5.32 Å². The topological polar surface area (TPSA) is 70.6 Å². The van der Waals surface area contributed by atoms with Crippen molar-refractivity contribution < 1.29 is 14.6 Å². The Morgan fingerprint density at radius 3 is 2.61 bits per heavy atom. The molecule has 5 nitrogen and oxygen atoms in total. The van der Waals surface area contributed by atoms with E-state index in [9.17, 15) is 9.90 Å². The van der Waals surface area contributed by atoms with Crippen LogP contribution in [-0.4, -0.2) is 31.2 Å². The number of aliphatic hydroxyl groups excluding tert-OH is 1. The normalized spacial score (nSPS) is 11.6. The maximum Gasteiger partial charge on any atom is 0.239 e. The van der Waals surface area contributed by atoms with Crippen LogP contribution in [0.1, 0.15) is 17.2 Å². The summed E-state index contributed by atoms with van der Waals surface area (Å²) in [6.45, 7) is 2.22. The van der Waals surface area contributed by atoms with Crippen molar-refractivity contribution >= 4 is 11.6 Å². The molecule has 0 heterocycles. The molecule has 122 valence electrons. The van der Waals surface area contributed by atoms with Crippen LogP contribution >= 0.6 is 0 Å². The van der Waals surface area contributed by atoms with E-state index in [0.29, 0.717) is 5.75 Å². The van der Waals surface area contributed by atoms with E-state index < -0.39 is 6.10 Å². The van der Waals surface area contributed by atoms with Crippen LogP contribution in [0.4, 0.5) is 5.69 Å². The van der Waals surface area contributed by atoms with E-state index in [0.717, 1.165) is 16.8 Å². The molecule has 2 aromatic rings. The van der Waals surface area contributed by atoms with Crippen molar-refractivity contribution in [2.75, 3.05) is 25.5 Å². The number of methoxy groups -OCH3 is 1. The van der Waals surface area contributed by atoms with Gasteiger partial charge in [-0.1, -0.05) is 36.4 Å². The third kappa shape index (κ3) is 4.72. The fourth-order valence-electron chi connectivity index (χ4n) is 2.31. The highest BCUT2D eigenvalue weighted by Crippen LogP contribution is 2.22. The number of aliphatic hydroxyl groups is 1. The molecule has 1 atom stereocenters. The van der Waals surface area contributed by atoms with Crippen LogP contribution in [-0.2, 0) is 4.79 Å². The van der Waals surface area contributed by atoms with E-state index in [1.54, 1.807) is 7.11 Å². The fourth-order valence-corrected chi connectivity index (χ4v) is 2.31. The summed E-state index contributed by atoms with van der Waals surface area (Å²) < 4.78 is 5.21. The molecule has 0 radical (unpaired) electrons. The summed E-state index contributed by atoms with van der Waals surface area (Å²) in [6, 6.07) is 15.0. The zero-order chi connectivity index (χ0) is 16.7. The highest BCUT2D eigenvalue weighted by Gasteiger charge is 2.11. The number of anilines is 1. The van der Waals surface area contributed by atoms with Gasteiger partial charge in [-0.3, -0.25) is 4.79 Å². The average Bonchev–Trinajstić information content (AvgIpc) is 2.58. The molecule has 2 rings (SSSR count). The third-order valence-corrected chi connectivity index (χ3v) is 3.59. The van der Waals surface area contributed by atoms with Gasteiger partial charge in [0.1, 0.15) is 5.75 Å². The number of carbonyl (C=O) groups is 1. The Hall–Kier alpha value is -2.53. The number of ether oxygens (including phenoxy) is 1. The van der Waals surface area contributed by atoms with Crippen molar-refractivity contribution in [3.63, 3.8) is 0 Å². The van der Waals surface area contributed by atoms with E-state index in [4.69, 9.17) is 4.74 Å². The van der Waals surface area contributed by atoms with Crippen LogP contribution < -0.4 is 15.4 Å². The fraction of sp³-hybridized carbons (Fsp3) is 0.278. The highest BCUT2D eigenvalue weighted by molar-refractivity contribution is 5.81. The van der Waals surface area contributed by atoms with Crippen LogP contribution in [0.2, 0.25) is 0 Å². The van der Waals surface area contributed by atoms with Gasteiger partial charge in [-0.15, -0.1) is 0 Å². The monoisotopic (exact) mass is 314 g/mol. The first kappa shape index (κ1) is 16.8. The first-order valence-electron chi connectivity index (χ1n) is 7.49. The molecular weight excluding hydrogens is 292 g/mol. The van der Waals surface area contributed by atoms with E-state index in [1.807, 2.05) is 55.5 Å². The van der Waals surface area contributed by atoms with Crippen molar-refractivity contribution in [1.29, 1.82) is 0 Å². The van der Waals surface area contributed by atoms with E-state index in [-0.39, 0.29) is 19.0 Å². The molecule has 0 bridgehead atoms. The molecule has 0 aliphatic heterocycles. The van der Waals surface area contributed by atoms with Gasteiger partial charge in [0.15, 0.2) is 0 Å². The lowest BCUT2D eigenvalue weighted by molar-refractivity contribution is -0.119.